The Kier molecular flexibility index (Phi) is 7.43. The van der Waals surface area contributed by atoms with E-state index in [9.17, 15) is 22.9 Å². The monoisotopic (exact) mass is 546 g/mol. The molecule has 7 heteroatoms. The van der Waals surface area contributed by atoms with Crippen LogP contribution in [0.4, 0.5) is 4.79 Å². The van der Waals surface area contributed by atoms with Gasteiger partial charge in [0.25, 0.3) is 10.1 Å². The molecule has 0 radical (unpaired) electrons. The molecule has 4 aliphatic rings. The third-order valence-electron chi connectivity index (χ3n) is 12.1. The van der Waals surface area contributed by atoms with Gasteiger partial charge in [-0.15, -0.1) is 0 Å². The van der Waals surface area contributed by atoms with E-state index in [-0.39, 0.29) is 22.0 Å². The molecule has 6 nitrogen and oxygen atoms in total. The van der Waals surface area contributed by atoms with Crippen molar-refractivity contribution < 1.29 is 27.6 Å². The number of benzene rings is 1. The zero-order valence-corrected chi connectivity index (χ0v) is 24.3. The molecular formula is C31H46O6S. The van der Waals surface area contributed by atoms with Crippen LogP contribution in [0.1, 0.15) is 110 Å². The topological polar surface area (TPSA) is 101 Å². The molecule has 4 aliphatic carbocycles. The Morgan fingerprint density at radius 2 is 1.76 bits per heavy atom. The maximum atomic E-state index is 11.9. The van der Waals surface area contributed by atoms with E-state index in [1.807, 2.05) is 0 Å². The first-order chi connectivity index (χ1) is 17.9. The lowest BCUT2D eigenvalue weighted by molar-refractivity contribution is -0.117. The van der Waals surface area contributed by atoms with Crippen molar-refractivity contribution >= 4 is 16.3 Å². The summed E-state index contributed by atoms with van der Waals surface area (Å²) in [6.45, 7) is 9.95. The molecule has 0 heterocycles. The van der Waals surface area contributed by atoms with Gasteiger partial charge in [0.05, 0.1) is 4.90 Å². The number of carbonyl (C=O) groups is 1. The Bertz CT molecular complexity index is 1160. The lowest BCUT2D eigenvalue weighted by Crippen LogP contribution is -2.53. The first kappa shape index (κ1) is 27.9. The van der Waals surface area contributed by atoms with Gasteiger partial charge in [0.1, 0.15) is 5.75 Å². The highest BCUT2D eigenvalue weighted by molar-refractivity contribution is 7.85. The quantitative estimate of drug-likeness (QED) is 0.212. The van der Waals surface area contributed by atoms with Crippen molar-refractivity contribution in [3.05, 3.63) is 23.8 Å². The lowest BCUT2D eigenvalue weighted by Gasteiger charge is -2.61. The Labute approximate surface area is 228 Å². The highest BCUT2D eigenvalue weighted by atomic mass is 32.2. The van der Waals surface area contributed by atoms with Crippen molar-refractivity contribution in [2.45, 2.75) is 109 Å². The minimum absolute atomic E-state index is 0.0142. The maximum absolute atomic E-state index is 11.9. The molecule has 0 amide bonds. The van der Waals surface area contributed by atoms with Crippen LogP contribution < -0.4 is 4.74 Å². The molecule has 1 aromatic carbocycles. The Morgan fingerprint density at radius 1 is 1.05 bits per heavy atom. The van der Waals surface area contributed by atoms with Gasteiger partial charge in [0, 0.05) is 0 Å². The van der Waals surface area contributed by atoms with Gasteiger partial charge in [-0.3, -0.25) is 4.55 Å². The molecule has 4 saturated carbocycles. The summed E-state index contributed by atoms with van der Waals surface area (Å²) in [7, 11) is -4.39. The summed E-state index contributed by atoms with van der Waals surface area (Å²) in [5.41, 5.74) is 1.34. The first-order valence-electron chi connectivity index (χ1n) is 14.9. The molecule has 5 unspecified atom stereocenters. The van der Waals surface area contributed by atoms with Crippen LogP contribution in [0.2, 0.25) is 0 Å². The minimum atomic E-state index is -4.39. The fourth-order valence-electron chi connectivity index (χ4n) is 10.4. The van der Waals surface area contributed by atoms with Crippen molar-refractivity contribution in [1.82, 2.24) is 0 Å². The first-order valence-corrected chi connectivity index (χ1v) is 16.3. The van der Waals surface area contributed by atoms with Gasteiger partial charge >= 0.3 is 6.16 Å². The second-order valence-corrected chi connectivity index (χ2v) is 15.1. The summed E-state index contributed by atoms with van der Waals surface area (Å²) in [4.78, 5) is 11.1. The fourth-order valence-corrected chi connectivity index (χ4v) is 10.9. The number of hydrogen-bond donors (Lipinski definition) is 2. The van der Waals surface area contributed by atoms with Gasteiger partial charge < -0.3 is 9.84 Å². The lowest BCUT2D eigenvalue weighted by atomic mass is 9.43. The highest BCUT2D eigenvalue weighted by Crippen LogP contribution is 2.69. The van der Waals surface area contributed by atoms with E-state index in [1.54, 1.807) is 0 Å². The van der Waals surface area contributed by atoms with E-state index in [0.717, 1.165) is 48.9 Å². The predicted octanol–water partition coefficient (Wildman–Crippen LogP) is 8.17. The molecule has 1 aromatic rings. The second-order valence-electron chi connectivity index (χ2n) is 13.7. The van der Waals surface area contributed by atoms with Gasteiger partial charge in [0.15, 0.2) is 0 Å². The van der Waals surface area contributed by atoms with Gasteiger partial charge in [-0.1, -0.05) is 40.5 Å². The fraction of sp³-hybridized carbons (Fsp3) is 0.774. The van der Waals surface area contributed by atoms with Crippen LogP contribution in [0, 0.1) is 46.3 Å². The van der Waals surface area contributed by atoms with E-state index in [1.165, 1.54) is 69.6 Å². The number of ether oxygens (including phenoxy) is 1. The van der Waals surface area contributed by atoms with Crippen LogP contribution in [0.3, 0.4) is 0 Å². The van der Waals surface area contributed by atoms with E-state index in [0.29, 0.717) is 16.9 Å². The average molecular weight is 547 g/mol. The summed E-state index contributed by atoms with van der Waals surface area (Å²) in [5, 5.41) is 9.27. The maximum Gasteiger partial charge on any atom is 0.511 e. The van der Waals surface area contributed by atoms with Crippen molar-refractivity contribution in [2.24, 2.45) is 46.3 Å². The van der Waals surface area contributed by atoms with Gasteiger partial charge in [-0.2, -0.15) is 8.42 Å². The summed E-state index contributed by atoms with van der Waals surface area (Å²) < 4.78 is 38.4. The molecule has 9 atom stereocenters. The molecule has 0 bridgehead atoms. The molecule has 38 heavy (non-hydrogen) atoms. The van der Waals surface area contributed by atoms with Crippen LogP contribution in [-0.4, -0.2) is 24.2 Å². The molecule has 0 aromatic heterocycles. The normalized spacial score (nSPS) is 39.5. The Hall–Kier alpha value is -1.60. The third-order valence-corrected chi connectivity index (χ3v) is 12.9. The van der Waals surface area contributed by atoms with E-state index in [2.05, 4.69) is 27.7 Å². The predicted molar refractivity (Wildman–Crippen MR) is 147 cm³/mol. The largest absolute Gasteiger partial charge is 0.511 e. The van der Waals surface area contributed by atoms with Gasteiger partial charge in [0.2, 0.25) is 0 Å². The van der Waals surface area contributed by atoms with Crippen LogP contribution in [0.25, 0.3) is 0 Å². The number of rotatable bonds is 6. The third kappa shape index (κ3) is 4.70. The summed E-state index contributed by atoms with van der Waals surface area (Å²) in [6, 6.07) is 4.01. The standard InChI is InChI=1S/C31H46O6S/c1-5-6-19(2)25-10-11-26-23-9-7-21-17-20(13-15-30(21,3)27(23)14-16-31(25,26)4)24-18-22(38(34,35)36)8-12-28(24)37-29(32)33/h8,12,18-21,23,25-27H,5-7,9-11,13-17H2,1-4H3,(H,32,33)(H,34,35,36)/t19-,20?,21?,23?,25-,26?,27?,30+,31-/m1/s1. The molecule has 0 spiro atoms. The van der Waals surface area contributed by atoms with Gasteiger partial charge in [-0.25, -0.2) is 4.79 Å². The Balaban J connectivity index is 1.37. The van der Waals surface area contributed by atoms with Crippen LogP contribution in [-0.2, 0) is 10.1 Å². The Morgan fingerprint density at radius 3 is 2.45 bits per heavy atom. The van der Waals surface area contributed by atoms with Crippen molar-refractivity contribution in [1.29, 1.82) is 0 Å². The van der Waals surface area contributed by atoms with Crippen molar-refractivity contribution in [3.8, 4) is 5.75 Å². The zero-order chi connectivity index (χ0) is 27.5. The SMILES string of the molecule is CCC[C@@H](C)[C@H]1CCC2C3CCC4CC(c5cc(S(=O)(=O)O)ccc5OC(=O)O)CC[C@]4(C)C3CC[C@@]21C. The molecule has 4 fully saturated rings. The molecule has 2 N–H and O–H groups in total. The second kappa shape index (κ2) is 10.1. The number of hydrogen-bond acceptors (Lipinski definition) is 4. The minimum Gasteiger partial charge on any atom is -0.449 e. The van der Waals surface area contributed by atoms with E-state index < -0.39 is 16.3 Å². The smallest absolute Gasteiger partial charge is 0.449 e. The summed E-state index contributed by atoms with van der Waals surface area (Å²) >= 11 is 0. The van der Waals surface area contributed by atoms with Crippen LogP contribution in [0.5, 0.6) is 5.75 Å². The molecule has 212 valence electrons. The number of carboxylic acid groups (broad SMARTS) is 1. The van der Waals surface area contributed by atoms with E-state index in [4.69, 9.17) is 4.74 Å². The molecule has 0 saturated heterocycles. The highest BCUT2D eigenvalue weighted by Gasteiger charge is 2.60. The molecule has 5 rings (SSSR count). The van der Waals surface area contributed by atoms with Gasteiger partial charge in [-0.05, 0) is 134 Å². The van der Waals surface area contributed by atoms with Crippen LogP contribution in [0.15, 0.2) is 23.1 Å². The zero-order valence-electron chi connectivity index (χ0n) is 23.5. The summed E-state index contributed by atoms with van der Waals surface area (Å²) in [5.74, 6) is 4.77. The van der Waals surface area contributed by atoms with Crippen molar-refractivity contribution in [3.63, 3.8) is 0 Å². The van der Waals surface area contributed by atoms with E-state index >= 15 is 0 Å². The van der Waals surface area contributed by atoms with Crippen molar-refractivity contribution in [2.75, 3.05) is 0 Å². The molecule has 0 aliphatic heterocycles. The molecular weight excluding hydrogens is 500 g/mol. The summed E-state index contributed by atoms with van der Waals surface area (Å²) in [6.07, 6.45) is 11.9. The average Bonchev–Trinajstić information content (AvgIpc) is 3.20. The van der Waals surface area contributed by atoms with Crippen LogP contribution >= 0.6 is 0 Å². The number of fused-ring (bicyclic) bond motifs is 5.